The van der Waals surface area contributed by atoms with Gasteiger partial charge in [0.1, 0.15) is 11.5 Å². The van der Waals surface area contributed by atoms with Crippen molar-refractivity contribution in [2.45, 2.75) is 13.8 Å². The zero-order valence-corrected chi connectivity index (χ0v) is 14.3. The van der Waals surface area contributed by atoms with E-state index in [9.17, 15) is 9.59 Å². The lowest BCUT2D eigenvalue weighted by molar-refractivity contribution is -0.118. The number of hydrogen-bond donors (Lipinski definition) is 1. The molecule has 6 heteroatoms. The van der Waals surface area contributed by atoms with Crippen LogP contribution in [0.5, 0.6) is 11.5 Å². The summed E-state index contributed by atoms with van der Waals surface area (Å²) < 4.78 is 15.8. The van der Waals surface area contributed by atoms with Gasteiger partial charge >= 0.3 is 5.97 Å². The molecule has 0 saturated carbocycles. The van der Waals surface area contributed by atoms with Crippen molar-refractivity contribution in [3.8, 4) is 11.5 Å². The smallest absolute Gasteiger partial charge is 0.338 e. The van der Waals surface area contributed by atoms with Gasteiger partial charge < -0.3 is 19.5 Å². The second-order valence-corrected chi connectivity index (χ2v) is 5.01. The lowest BCUT2D eigenvalue weighted by Crippen LogP contribution is -2.20. The topological polar surface area (TPSA) is 73.9 Å². The van der Waals surface area contributed by atoms with Crippen molar-refractivity contribution < 1.29 is 23.8 Å². The van der Waals surface area contributed by atoms with Gasteiger partial charge in [0.2, 0.25) is 0 Å². The first-order valence-corrected chi connectivity index (χ1v) is 8.05. The Labute approximate surface area is 146 Å². The van der Waals surface area contributed by atoms with Crippen molar-refractivity contribution in [1.29, 1.82) is 0 Å². The van der Waals surface area contributed by atoms with E-state index >= 15 is 0 Å². The fourth-order valence-corrected chi connectivity index (χ4v) is 2.11. The normalized spacial score (nSPS) is 10.0. The van der Waals surface area contributed by atoms with E-state index in [2.05, 4.69) is 5.32 Å². The highest BCUT2D eigenvalue weighted by Crippen LogP contribution is 2.23. The zero-order valence-electron chi connectivity index (χ0n) is 14.3. The highest BCUT2D eigenvalue weighted by molar-refractivity contribution is 5.93. The van der Waals surface area contributed by atoms with E-state index in [1.165, 1.54) is 0 Å². The summed E-state index contributed by atoms with van der Waals surface area (Å²) in [7, 11) is 0. The number of para-hydroxylation sites is 2. The first-order valence-electron chi connectivity index (χ1n) is 8.05. The number of hydrogen-bond acceptors (Lipinski definition) is 5. The molecular formula is C19H21NO5. The predicted molar refractivity (Wildman–Crippen MR) is 94.1 cm³/mol. The molecule has 0 radical (unpaired) electrons. The van der Waals surface area contributed by atoms with Crippen LogP contribution < -0.4 is 14.8 Å². The third-order valence-electron chi connectivity index (χ3n) is 3.18. The zero-order chi connectivity index (χ0) is 18.1. The molecule has 132 valence electrons. The highest BCUT2D eigenvalue weighted by atomic mass is 16.5. The van der Waals surface area contributed by atoms with Crippen molar-refractivity contribution >= 4 is 17.6 Å². The monoisotopic (exact) mass is 343 g/mol. The molecule has 6 nitrogen and oxygen atoms in total. The van der Waals surface area contributed by atoms with Crippen molar-refractivity contribution in [2.75, 3.05) is 25.1 Å². The van der Waals surface area contributed by atoms with Crippen LogP contribution in [0.4, 0.5) is 5.69 Å². The summed E-state index contributed by atoms with van der Waals surface area (Å²) in [4.78, 5) is 23.8. The van der Waals surface area contributed by atoms with Gasteiger partial charge in [0.05, 0.1) is 24.5 Å². The van der Waals surface area contributed by atoms with Crippen LogP contribution in [0.1, 0.15) is 24.2 Å². The van der Waals surface area contributed by atoms with Gasteiger partial charge in [-0.15, -0.1) is 0 Å². The van der Waals surface area contributed by atoms with Crippen molar-refractivity contribution in [1.82, 2.24) is 0 Å². The first kappa shape index (κ1) is 18.3. The van der Waals surface area contributed by atoms with E-state index < -0.39 is 5.97 Å². The molecular weight excluding hydrogens is 322 g/mol. The molecule has 0 aliphatic carbocycles. The summed E-state index contributed by atoms with van der Waals surface area (Å²) in [6.45, 7) is 4.23. The van der Waals surface area contributed by atoms with Gasteiger partial charge in [-0.3, -0.25) is 4.79 Å². The molecule has 0 unspecified atom stereocenters. The highest BCUT2D eigenvalue weighted by Gasteiger charge is 2.10. The van der Waals surface area contributed by atoms with Crippen LogP contribution in [0, 0.1) is 0 Å². The summed E-state index contributed by atoms with van der Waals surface area (Å²) in [5.74, 6) is 0.262. The third-order valence-corrected chi connectivity index (χ3v) is 3.18. The number of rotatable bonds is 8. The second kappa shape index (κ2) is 9.32. The van der Waals surface area contributed by atoms with Gasteiger partial charge in [-0.2, -0.15) is 0 Å². The lowest BCUT2D eigenvalue weighted by atomic mass is 10.2. The average Bonchev–Trinajstić information content (AvgIpc) is 2.62. The van der Waals surface area contributed by atoms with Crippen LogP contribution in [-0.2, 0) is 9.53 Å². The molecule has 25 heavy (non-hydrogen) atoms. The van der Waals surface area contributed by atoms with E-state index in [1.54, 1.807) is 43.3 Å². The van der Waals surface area contributed by atoms with Crippen LogP contribution in [0.25, 0.3) is 0 Å². The minimum atomic E-state index is -0.428. The first-order chi connectivity index (χ1) is 12.1. The molecule has 0 heterocycles. The molecule has 1 N–H and O–H groups in total. The van der Waals surface area contributed by atoms with Crippen molar-refractivity contribution in [3.63, 3.8) is 0 Å². The van der Waals surface area contributed by atoms with E-state index in [1.807, 2.05) is 19.1 Å². The maximum absolute atomic E-state index is 12.1. The van der Waals surface area contributed by atoms with Crippen LogP contribution in [-0.4, -0.2) is 31.7 Å². The molecule has 0 bridgehead atoms. The van der Waals surface area contributed by atoms with Crippen LogP contribution in [0.3, 0.4) is 0 Å². The quantitative estimate of drug-likeness (QED) is 0.745. The molecule has 0 fully saturated rings. The lowest BCUT2D eigenvalue weighted by Gasteiger charge is -2.12. The number of ether oxygens (including phenoxy) is 3. The van der Waals surface area contributed by atoms with E-state index in [0.29, 0.717) is 36.0 Å². The van der Waals surface area contributed by atoms with E-state index in [-0.39, 0.29) is 12.5 Å². The van der Waals surface area contributed by atoms with E-state index in [0.717, 1.165) is 0 Å². The minimum Gasteiger partial charge on any atom is -0.492 e. The molecule has 0 aromatic heterocycles. The number of amides is 1. The number of esters is 1. The Balaban J connectivity index is 1.94. The number of carbonyl (C=O) groups excluding carboxylic acids is 2. The Kier molecular flexibility index (Phi) is 6.83. The molecule has 2 aromatic carbocycles. The summed E-state index contributed by atoms with van der Waals surface area (Å²) in [6.07, 6.45) is 0. The van der Waals surface area contributed by atoms with Gasteiger partial charge in [0.25, 0.3) is 5.91 Å². The van der Waals surface area contributed by atoms with Gasteiger partial charge in [-0.05, 0) is 44.2 Å². The maximum atomic E-state index is 12.1. The predicted octanol–water partition coefficient (Wildman–Crippen LogP) is 3.28. The number of nitrogens with one attached hydrogen (secondary N) is 1. The van der Waals surface area contributed by atoms with Crippen LogP contribution >= 0.6 is 0 Å². The molecule has 0 aliphatic heterocycles. The van der Waals surface area contributed by atoms with Crippen LogP contribution in [0.2, 0.25) is 0 Å². The Morgan fingerprint density at radius 3 is 2.52 bits per heavy atom. The molecule has 0 aliphatic rings. The molecule has 0 atom stereocenters. The fraction of sp³-hybridized carbons (Fsp3) is 0.263. The third kappa shape index (κ3) is 5.53. The van der Waals surface area contributed by atoms with Gasteiger partial charge in [-0.1, -0.05) is 18.2 Å². The number of anilines is 1. The molecule has 2 aromatic rings. The Morgan fingerprint density at radius 2 is 1.76 bits per heavy atom. The van der Waals surface area contributed by atoms with Crippen LogP contribution in [0.15, 0.2) is 48.5 Å². The Morgan fingerprint density at radius 1 is 0.960 bits per heavy atom. The average molecular weight is 343 g/mol. The Hall–Kier alpha value is -3.02. The van der Waals surface area contributed by atoms with E-state index in [4.69, 9.17) is 14.2 Å². The van der Waals surface area contributed by atoms with Gasteiger partial charge in [0.15, 0.2) is 6.61 Å². The standard InChI is InChI=1S/C19H21NO5/c1-3-23-17-11-6-5-10-16(17)20-18(21)13-25-15-9-7-8-14(12-15)19(22)24-4-2/h5-12H,3-4,13H2,1-2H3,(H,20,21). The number of benzene rings is 2. The summed E-state index contributed by atoms with van der Waals surface area (Å²) >= 11 is 0. The van der Waals surface area contributed by atoms with Crippen molar-refractivity contribution in [3.05, 3.63) is 54.1 Å². The summed E-state index contributed by atoms with van der Waals surface area (Å²) in [6, 6.07) is 13.7. The fourth-order valence-electron chi connectivity index (χ4n) is 2.11. The molecule has 1 amide bonds. The minimum absolute atomic E-state index is 0.188. The Bertz CT molecular complexity index is 729. The maximum Gasteiger partial charge on any atom is 0.338 e. The molecule has 0 spiro atoms. The summed E-state index contributed by atoms with van der Waals surface area (Å²) in [5.41, 5.74) is 0.958. The SMILES string of the molecule is CCOC(=O)c1cccc(OCC(=O)Nc2ccccc2OCC)c1. The van der Waals surface area contributed by atoms with Gasteiger partial charge in [-0.25, -0.2) is 4.79 Å². The molecule has 2 rings (SSSR count). The van der Waals surface area contributed by atoms with Crippen molar-refractivity contribution in [2.24, 2.45) is 0 Å². The largest absolute Gasteiger partial charge is 0.492 e. The second-order valence-electron chi connectivity index (χ2n) is 5.01. The summed E-state index contributed by atoms with van der Waals surface area (Å²) in [5, 5.41) is 2.74. The molecule has 0 saturated heterocycles. The van der Waals surface area contributed by atoms with Gasteiger partial charge in [0, 0.05) is 0 Å². The number of carbonyl (C=O) groups is 2.